The lowest BCUT2D eigenvalue weighted by atomic mass is 9.99. The zero-order valence-corrected chi connectivity index (χ0v) is 15.2. The fraction of sp³-hybridized carbons (Fsp3) is 0.579. The Balaban J connectivity index is 1.65. The van der Waals surface area contributed by atoms with Crippen LogP contribution in [0.15, 0.2) is 18.3 Å². The number of imidazole rings is 1. The second-order valence-electron chi connectivity index (χ2n) is 7.86. The number of hydrogen-bond acceptors (Lipinski definition) is 5. The van der Waals surface area contributed by atoms with Crippen LogP contribution in [-0.4, -0.2) is 47.5 Å². The number of halogens is 1. The van der Waals surface area contributed by atoms with Crippen molar-refractivity contribution in [2.45, 2.75) is 43.7 Å². The molecule has 3 heterocycles. The maximum Gasteiger partial charge on any atom is 0.154 e. The van der Waals surface area contributed by atoms with Crippen molar-refractivity contribution < 1.29 is 13.9 Å². The third kappa shape index (κ3) is 3.04. The second kappa shape index (κ2) is 6.40. The molecular formula is C19H25FN4O2. The van der Waals surface area contributed by atoms with Gasteiger partial charge in [-0.15, -0.1) is 0 Å². The first-order chi connectivity index (χ1) is 12.5. The Morgan fingerprint density at radius 3 is 3.00 bits per heavy atom. The van der Waals surface area contributed by atoms with Gasteiger partial charge < -0.3 is 20.2 Å². The maximum absolute atomic E-state index is 14.5. The smallest absolute Gasteiger partial charge is 0.154 e. The summed E-state index contributed by atoms with van der Waals surface area (Å²) in [5, 5.41) is 6.62. The largest absolute Gasteiger partial charge is 0.364 e. The predicted molar refractivity (Wildman–Crippen MR) is 95.8 cm³/mol. The number of nitrogens with zero attached hydrogens (tertiary/aromatic N) is 2. The lowest BCUT2D eigenvalue weighted by Crippen LogP contribution is -2.58. The van der Waals surface area contributed by atoms with Crippen LogP contribution in [0.1, 0.15) is 44.1 Å². The van der Waals surface area contributed by atoms with Gasteiger partial charge in [0.2, 0.25) is 0 Å². The number of rotatable bonds is 6. The molecule has 1 saturated carbocycles. The highest BCUT2D eigenvalue weighted by molar-refractivity contribution is 5.64. The molecule has 1 unspecified atom stereocenters. The third-order valence-corrected chi connectivity index (χ3v) is 5.30. The van der Waals surface area contributed by atoms with Gasteiger partial charge in [-0.05, 0) is 38.8 Å². The number of aromatic nitrogens is 2. The van der Waals surface area contributed by atoms with Crippen molar-refractivity contribution in [2.24, 2.45) is 0 Å². The Morgan fingerprint density at radius 1 is 1.54 bits per heavy atom. The SMILES string of the molecule is CC(C)(NCC1(C=O)CNCCO1)c1nc(C2CC2)c2c(F)cccn12. The Morgan fingerprint density at radius 2 is 2.35 bits per heavy atom. The molecule has 4 rings (SSSR count). The number of ether oxygens (including phenoxy) is 1. The van der Waals surface area contributed by atoms with Gasteiger partial charge >= 0.3 is 0 Å². The topological polar surface area (TPSA) is 67.7 Å². The Labute approximate surface area is 152 Å². The highest BCUT2D eigenvalue weighted by atomic mass is 19.1. The summed E-state index contributed by atoms with van der Waals surface area (Å²) in [5.41, 5.74) is -0.0254. The summed E-state index contributed by atoms with van der Waals surface area (Å²) in [6.07, 6.45) is 4.83. The average Bonchev–Trinajstić information content (AvgIpc) is 3.41. The van der Waals surface area contributed by atoms with Crippen LogP contribution in [-0.2, 0) is 15.1 Å². The minimum Gasteiger partial charge on any atom is -0.364 e. The van der Waals surface area contributed by atoms with E-state index >= 15 is 0 Å². The van der Waals surface area contributed by atoms with Crippen molar-refractivity contribution >= 4 is 11.8 Å². The molecule has 1 aliphatic carbocycles. The molecular weight excluding hydrogens is 335 g/mol. The van der Waals surface area contributed by atoms with E-state index in [1.807, 2.05) is 24.4 Å². The first-order valence-electron chi connectivity index (χ1n) is 9.19. The molecule has 1 aliphatic heterocycles. The van der Waals surface area contributed by atoms with Crippen molar-refractivity contribution in [3.63, 3.8) is 0 Å². The summed E-state index contributed by atoms with van der Waals surface area (Å²) in [4.78, 5) is 16.4. The summed E-state index contributed by atoms with van der Waals surface area (Å²) in [7, 11) is 0. The molecule has 26 heavy (non-hydrogen) atoms. The summed E-state index contributed by atoms with van der Waals surface area (Å²) in [6.45, 7) is 6.08. The van der Waals surface area contributed by atoms with Gasteiger partial charge in [-0.2, -0.15) is 0 Å². The summed E-state index contributed by atoms with van der Waals surface area (Å²) in [5.74, 6) is 0.852. The summed E-state index contributed by atoms with van der Waals surface area (Å²) < 4.78 is 22.0. The van der Waals surface area contributed by atoms with Gasteiger partial charge in [-0.1, -0.05) is 0 Å². The van der Waals surface area contributed by atoms with E-state index in [1.165, 1.54) is 6.07 Å². The molecule has 1 saturated heterocycles. The van der Waals surface area contributed by atoms with E-state index in [4.69, 9.17) is 9.72 Å². The molecule has 2 aliphatic rings. The third-order valence-electron chi connectivity index (χ3n) is 5.30. The minimum atomic E-state index is -0.882. The Bertz CT molecular complexity index is 822. The summed E-state index contributed by atoms with van der Waals surface area (Å²) in [6, 6.07) is 3.18. The zero-order valence-electron chi connectivity index (χ0n) is 15.2. The van der Waals surface area contributed by atoms with E-state index in [0.29, 0.717) is 31.1 Å². The van der Waals surface area contributed by atoms with E-state index in [2.05, 4.69) is 10.6 Å². The van der Waals surface area contributed by atoms with Gasteiger partial charge in [0.15, 0.2) is 6.29 Å². The standard InChI is InChI=1S/C19H25FN4O2/c1-18(2,22-11-19(12-25)10-21-7-9-26-19)17-23-15(13-5-6-13)16-14(20)4-3-8-24(16)17/h3-4,8,12-13,21-22H,5-7,9-11H2,1-2H3. The van der Waals surface area contributed by atoms with Crippen molar-refractivity contribution in [3.8, 4) is 0 Å². The normalized spacial score (nSPS) is 24.1. The number of morpholine rings is 1. The molecule has 0 bridgehead atoms. The van der Waals surface area contributed by atoms with Crippen molar-refractivity contribution in [1.29, 1.82) is 0 Å². The van der Waals surface area contributed by atoms with Crippen LogP contribution < -0.4 is 10.6 Å². The van der Waals surface area contributed by atoms with E-state index < -0.39 is 11.1 Å². The lowest BCUT2D eigenvalue weighted by Gasteiger charge is -2.36. The number of carbonyl (C=O) groups excluding carboxylic acids is 1. The number of carbonyl (C=O) groups is 1. The second-order valence-corrected chi connectivity index (χ2v) is 7.86. The van der Waals surface area contributed by atoms with Gasteiger partial charge in [-0.3, -0.25) is 4.40 Å². The molecule has 0 amide bonds. The van der Waals surface area contributed by atoms with Crippen LogP contribution in [0, 0.1) is 5.82 Å². The molecule has 0 spiro atoms. The van der Waals surface area contributed by atoms with Gasteiger partial charge in [0.1, 0.15) is 22.8 Å². The first kappa shape index (κ1) is 17.6. The predicted octanol–water partition coefficient (Wildman–Crippen LogP) is 1.73. The minimum absolute atomic E-state index is 0.242. The fourth-order valence-electron chi connectivity index (χ4n) is 3.57. The van der Waals surface area contributed by atoms with Crippen molar-refractivity contribution in [3.05, 3.63) is 35.7 Å². The van der Waals surface area contributed by atoms with Gasteiger partial charge in [0.25, 0.3) is 0 Å². The van der Waals surface area contributed by atoms with E-state index in [9.17, 15) is 9.18 Å². The van der Waals surface area contributed by atoms with Crippen molar-refractivity contribution in [2.75, 3.05) is 26.2 Å². The number of nitrogens with one attached hydrogen (secondary N) is 2. The maximum atomic E-state index is 14.5. The molecule has 2 aromatic rings. The fourth-order valence-corrected chi connectivity index (χ4v) is 3.57. The first-order valence-corrected chi connectivity index (χ1v) is 9.19. The van der Waals surface area contributed by atoms with E-state index in [0.717, 1.165) is 37.2 Å². The summed E-state index contributed by atoms with van der Waals surface area (Å²) >= 11 is 0. The molecule has 0 aromatic carbocycles. The van der Waals surface area contributed by atoms with Crippen LogP contribution >= 0.6 is 0 Å². The molecule has 0 radical (unpaired) electrons. The van der Waals surface area contributed by atoms with Crippen LogP contribution in [0.5, 0.6) is 0 Å². The quantitative estimate of drug-likeness (QED) is 0.768. The van der Waals surface area contributed by atoms with Crippen LogP contribution in [0.25, 0.3) is 5.52 Å². The number of pyridine rings is 1. The Kier molecular flexibility index (Phi) is 4.33. The Hall–Kier alpha value is -1.83. The molecule has 7 heteroatoms. The molecule has 140 valence electrons. The zero-order chi connectivity index (χ0) is 18.4. The molecule has 2 aromatic heterocycles. The van der Waals surface area contributed by atoms with Gasteiger partial charge in [0, 0.05) is 31.7 Å². The monoisotopic (exact) mass is 360 g/mol. The highest BCUT2D eigenvalue weighted by Gasteiger charge is 2.38. The van der Waals surface area contributed by atoms with E-state index in [-0.39, 0.29) is 5.82 Å². The van der Waals surface area contributed by atoms with Crippen LogP contribution in [0.3, 0.4) is 0 Å². The molecule has 6 nitrogen and oxygen atoms in total. The van der Waals surface area contributed by atoms with Crippen LogP contribution in [0.2, 0.25) is 0 Å². The van der Waals surface area contributed by atoms with Crippen LogP contribution in [0.4, 0.5) is 4.39 Å². The number of fused-ring (bicyclic) bond motifs is 1. The number of hydrogen-bond donors (Lipinski definition) is 2. The lowest BCUT2D eigenvalue weighted by molar-refractivity contribution is -0.134. The van der Waals surface area contributed by atoms with Crippen molar-refractivity contribution in [1.82, 2.24) is 20.0 Å². The van der Waals surface area contributed by atoms with Gasteiger partial charge in [-0.25, -0.2) is 9.37 Å². The van der Waals surface area contributed by atoms with E-state index in [1.54, 1.807) is 6.07 Å². The highest BCUT2D eigenvalue weighted by Crippen LogP contribution is 2.43. The molecule has 1 atom stereocenters. The average molecular weight is 360 g/mol. The molecule has 2 N–H and O–H groups in total. The van der Waals surface area contributed by atoms with Gasteiger partial charge in [0.05, 0.1) is 17.8 Å². The molecule has 2 fully saturated rings. The number of aldehydes is 1.